The SMILES string of the molecule is CCN1CCCN2C(=O)/C(=C/c3ccc(-n4cnc(C)c4)c(OC)c3)N=C12. The van der Waals surface area contributed by atoms with Crippen LogP contribution in [0.2, 0.25) is 0 Å². The minimum absolute atomic E-state index is 0.0311. The molecule has 1 aromatic carbocycles. The third-order valence-electron chi connectivity index (χ3n) is 4.90. The van der Waals surface area contributed by atoms with Gasteiger partial charge in [0, 0.05) is 25.8 Å². The summed E-state index contributed by atoms with van der Waals surface area (Å²) in [5.74, 6) is 1.46. The molecule has 27 heavy (non-hydrogen) atoms. The standard InChI is InChI=1S/C20H23N5O2/c1-4-23-8-5-9-25-19(26)16(22-20(23)25)10-15-6-7-17(18(11-15)27-3)24-12-14(2)21-13-24/h6-7,10-13H,4-5,8-9H2,1-3H3/b16-10-. The highest BCUT2D eigenvalue weighted by Gasteiger charge is 2.35. The molecule has 0 spiro atoms. The number of methoxy groups -OCH3 is 1. The van der Waals surface area contributed by atoms with E-state index in [4.69, 9.17) is 4.74 Å². The van der Waals surface area contributed by atoms with E-state index in [-0.39, 0.29) is 5.91 Å². The van der Waals surface area contributed by atoms with Crippen molar-refractivity contribution in [2.24, 2.45) is 4.99 Å². The molecule has 7 heteroatoms. The summed E-state index contributed by atoms with van der Waals surface area (Å²) in [7, 11) is 1.64. The predicted molar refractivity (Wildman–Crippen MR) is 104 cm³/mol. The second-order valence-electron chi connectivity index (χ2n) is 6.69. The van der Waals surface area contributed by atoms with Gasteiger partial charge in [0.2, 0.25) is 5.96 Å². The average Bonchev–Trinajstić information content (AvgIpc) is 3.25. The number of carbonyl (C=O) groups is 1. The van der Waals surface area contributed by atoms with Crippen molar-refractivity contribution in [1.82, 2.24) is 19.4 Å². The predicted octanol–water partition coefficient (Wildman–Crippen LogP) is 2.45. The summed E-state index contributed by atoms with van der Waals surface area (Å²) in [5, 5.41) is 0. The van der Waals surface area contributed by atoms with Crippen LogP contribution in [0.15, 0.2) is 41.4 Å². The largest absolute Gasteiger partial charge is 0.495 e. The molecule has 0 bridgehead atoms. The summed E-state index contributed by atoms with van der Waals surface area (Å²) in [6.07, 6.45) is 6.50. The Morgan fingerprint density at radius 3 is 2.85 bits per heavy atom. The Morgan fingerprint density at radius 2 is 2.15 bits per heavy atom. The number of benzene rings is 1. The normalized spacial score (nSPS) is 18.1. The maximum atomic E-state index is 12.7. The molecule has 0 saturated carbocycles. The Balaban J connectivity index is 1.68. The van der Waals surface area contributed by atoms with Crippen LogP contribution < -0.4 is 4.74 Å². The van der Waals surface area contributed by atoms with Crippen LogP contribution in [0.1, 0.15) is 24.6 Å². The van der Waals surface area contributed by atoms with E-state index in [0.29, 0.717) is 11.4 Å². The summed E-state index contributed by atoms with van der Waals surface area (Å²) in [4.78, 5) is 25.5. The third kappa shape index (κ3) is 3.09. The van der Waals surface area contributed by atoms with Crippen molar-refractivity contribution in [3.05, 3.63) is 47.7 Å². The van der Waals surface area contributed by atoms with E-state index in [1.54, 1.807) is 18.3 Å². The summed E-state index contributed by atoms with van der Waals surface area (Å²) < 4.78 is 7.47. The molecular weight excluding hydrogens is 342 g/mol. The molecule has 1 saturated heterocycles. The van der Waals surface area contributed by atoms with E-state index in [2.05, 4.69) is 21.8 Å². The van der Waals surface area contributed by atoms with Crippen molar-refractivity contribution >= 4 is 17.9 Å². The minimum Gasteiger partial charge on any atom is -0.495 e. The number of aromatic nitrogens is 2. The number of carbonyl (C=O) groups excluding carboxylic acids is 1. The molecule has 2 aliphatic rings. The van der Waals surface area contributed by atoms with Gasteiger partial charge in [0.05, 0.1) is 24.8 Å². The van der Waals surface area contributed by atoms with Crippen LogP contribution in [0.4, 0.5) is 0 Å². The lowest BCUT2D eigenvalue weighted by Gasteiger charge is -2.33. The number of amides is 1. The number of imidazole rings is 1. The molecule has 1 fully saturated rings. The van der Waals surface area contributed by atoms with Gasteiger partial charge in [-0.1, -0.05) is 6.07 Å². The van der Waals surface area contributed by atoms with Crippen molar-refractivity contribution in [3.63, 3.8) is 0 Å². The Labute approximate surface area is 158 Å². The molecule has 140 valence electrons. The van der Waals surface area contributed by atoms with Crippen LogP contribution in [0, 0.1) is 6.92 Å². The van der Waals surface area contributed by atoms with Crippen LogP contribution in [-0.2, 0) is 4.79 Å². The van der Waals surface area contributed by atoms with Gasteiger partial charge in [-0.2, -0.15) is 0 Å². The topological polar surface area (TPSA) is 63.0 Å². The highest BCUT2D eigenvalue weighted by atomic mass is 16.5. The van der Waals surface area contributed by atoms with E-state index in [1.165, 1.54) is 0 Å². The molecule has 0 unspecified atom stereocenters. The van der Waals surface area contributed by atoms with E-state index in [0.717, 1.165) is 49.0 Å². The van der Waals surface area contributed by atoms with Crippen molar-refractivity contribution in [1.29, 1.82) is 0 Å². The first kappa shape index (κ1) is 17.3. The van der Waals surface area contributed by atoms with Gasteiger partial charge < -0.3 is 14.2 Å². The zero-order valence-corrected chi connectivity index (χ0v) is 15.8. The molecule has 0 aliphatic carbocycles. The number of rotatable bonds is 4. The number of aryl methyl sites for hydroxylation is 1. The summed E-state index contributed by atoms with van der Waals surface area (Å²) in [6.45, 7) is 6.55. The summed E-state index contributed by atoms with van der Waals surface area (Å²) in [5.41, 5.74) is 3.19. The van der Waals surface area contributed by atoms with Gasteiger partial charge in [-0.15, -0.1) is 0 Å². The molecule has 2 aromatic rings. The van der Waals surface area contributed by atoms with E-state index in [9.17, 15) is 4.79 Å². The van der Waals surface area contributed by atoms with E-state index < -0.39 is 0 Å². The second kappa shape index (κ2) is 6.90. The molecular formula is C20H23N5O2. The van der Waals surface area contributed by atoms with Gasteiger partial charge >= 0.3 is 0 Å². The first-order valence-electron chi connectivity index (χ1n) is 9.17. The first-order chi connectivity index (χ1) is 13.1. The quantitative estimate of drug-likeness (QED) is 0.781. The van der Waals surface area contributed by atoms with E-state index >= 15 is 0 Å². The number of aliphatic imine (C=N–C) groups is 1. The van der Waals surface area contributed by atoms with Crippen LogP contribution >= 0.6 is 0 Å². The first-order valence-corrected chi connectivity index (χ1v) is 9.17. The maximum Gasteiger partial charge on any atom is 0.279 e. The summed E-state index contributed by atoms with van der Waals surface area (Å²) in [6, 6.07) is 5.84. The Bertz CT molecular complexity index is 944. The number of nitrogens with zero attached hydrogens (tertiary/aromatic N) is 5. The van der Waals surface area contributed by atoms with Gasteiger partial charge in [0.15, 0.2) is 0 Å². The van der Waals surface area contributed by atoms with Gasteiger partial charge in [0.1, 0.15) is 11.4 Å². The molecule has 0 radical (unpaired) electrons. The van der Waals surface area contributed by atoms with Gasteiger partial charge in [-0.3, -0.25) is 9.69 Å². The van der Waals surface area contributed by atoms with Gasteiger partial charge in [0.25, 0.3) is 5.91 Å². The van der Waals surface area contributed by atoms with Crippen LogP contribution in [0.25, 0.3) is 11.8 Å². The lowest BCUT2D eigenvalue weighted by atomic mass is 10.1. The molecule has 1 aromatic heterocycles. The molecule has 1 amide bonds. The van der Waals surface area contributed by atoms with Crippen molar-refractivity contribution in [2.75, 3.05) is 26.7 Å². The van der Waals surface area contributed by atoms with Crippen molar-refractivity contribution in [2.45, 2.75) is 20.3 Å². The molecule has 2 aliphatic heterocycles. The number of ether oxygens (including phenoxy) is 1. The number of hydrogen-bond donors (Lipinski definition) is 0. The highest BCUT2D eigenvalue weighted by Crippen LogP contribution is 2.28. The monoisotopic (exact) mass is 365 g/mol. The fourth-order valence-electron chi connectivity index (χ4n) is 3.51. The zero-order chi connectivity index (χ0) is 19.0. The minimum atomic E-state index is -0.0311. The smallest absolute Gasteiger partial charge is 0.279 e. The summed E-state index contributed by atoms with van der Waals surface area (Å²) >= 11 is 0. The lowest BCUT2D eigenvalue weighted by Crippen LogP contribution is -2.49. The molecule has 3 heterocycles. The molecule has 7 nitrogen and oxygen atoms in total. The average molecular weight is 365 g/mol. The number of guanidine groups is 1. The van der Waals surface area contributed by atoms with Gasteiger partial charge in [-0.25, -0.2) is 9.98 Å². The third-order valence-corrected chi connectivity index (χ3v) is 4.90. The highest BCUT2D eigenvalue weighted by molar-refractivity contribution is 6.13. The van der Waals surface area contributed by atoms with Crippen LogP contribution in [0.3, 0.4) is 0 Å². The Hall–Kier alpha value is -3.09. The molecule has 0 N–H and O–H groups in total. The zero-order valence-electron chi connectivity index (χ0n) is 15.8. The molecule has 0 atom stereocenters. The van der Waals surface area contributed by atoms with Gasteiger partial charge in [-0.05, 0) is 44.0 Å². The van der Waals surface area contributed by atoms with E-state index in [1.807, 2.05) is 42.0 Å². The maximum absolute atomic E-state index is 12.7. The van der Waals surface area contributed by atoms with Crippen molar-refractivity contribution < 1.29 is 9.53 Å². The van der Waals surface area contributed by atoms with Crippen LogP contribution in [-0.4, -0.2) is 58.0 Å². The Kier molecular flexibility index (Phi) is 4.43. The number of hydrogen-bond acceptors (Lipinski definition) is 5. The van der Waals surface area contributed by atoms with Crippen molar-refractivity contribution in [3.8, 4) is 11.4 Å². The Morgan fingerprint density at radius 1 is 1.30 bits per heavy atom. The second-order valence-corrected chi connectivity index (χ2v) is 6.69. The lowest BCUT2D eigenvalue weighted by molar-refractivity contribution is -0.123. The number of fused-ring (bicyclic) bond motifs is 1. The fourth-order valence-corrected chi connectivity index (χ4v) is 3.51. The molecule has 4 rings (SSSR count). The van der Waals surface area contributed by atoms with Crippen LogP contribution in [0.5, 0.6) is 5.75 Å². The fraction of sp³-hybridized carbons (Fsp3) is 0.350.